The van der Waals surface area contributed by atoms with Gasteiger partial charge in [-0.1, -0.05) is 0 Å². The average Bonchev–Trinajstić information content (AvgIpc) is 2.41. The van der Waals surface area contributed by atoms with Gasteiger partial charge >= 0.3 is 12.2 Å². The van der Waals surface area contributed by atoms with Gasteiger partial charge in [-0.15, -0.1) is 0 Å². The zero-order valence-corrected chi connectivity index (χ0v) is 10.4. The quantitative estimate of drug-likeness (QED) is 0.780. The van der Waals surface area contributed by atoms with Crippen molar-refractivity contribution in [3.05, 3.63) is 29.6 Å². The molecule has 0 saturated carbocycles. The molecule has 0 bridgehead atoms. The van der Waals surface area contributed by atoms with Gasteiger partial charge in [-0.3, -0.25) is 0 Å². The molecule has 0 radical (unpaired) electrons. The van der Waals surface area contributed by atoms with E-state index in [2.05, 4.69) is 10.6 Å². The highest BCUT2D eigenvalue weighted by molar-refractivity contribution is 5.89. The third-order valence-electron chi connectivity index (χ3n) is 2.94. The zero-order valence-electron chi connectivity index (χ0n) is 10.4. The number of amides is 2. The maximum atomic E-state index is 13.5. The molecule has 1 aromatic carbocycles. The van der Waals surface area contributed by atoms with Crippen molar-refractivity contribution in [1.29, 1.82) is 0 Å². The minimum atomic E-state index is -4.58. The summed E-state index contributed by atoms with van der Waals surface area (Å²) >= 11 is 0. The molecule has 0 atom stereocenters. The molecule has 0 aromatic heterocycles. The van der Waals surface area contributed by atoms with Crippen molar-refractivity contribution in [3.8, 4) is 0 Å². The van der Waals surface area contributed by atoms with Gasteiger partial charge in [0.25, 0.3) is 0 Å². The number of piperazine rings is 1. The van der Waals surface area contributed by atoms with Crippen LogP contribution in [0.3, 0.4) is 0 Å². The Balaban J connectivity index is 2.13. The van der Waals surface area contributed by atoms with Crippen molar-refractivity contribution in [2.45, 2.75) is 6.18 Å². The average molecular weight is 291 g/mol. The first-order valence-electron chi connectivity index (χ1n) is 6.01. The fourth-order valence-electron chi connectivity index (χ4n) is 1.86. The molecule has 1 heterocycles. The van der Waals surface area contributed by atoms with Crippen LogP contribution in [0, 0.1) is 5.82 Å². The minimum absolute atomic E-state index is 0.423. The lowest BCUT2D eigenvalue weighted by atomic mass is 10.2. The van der Waals surface area contributed by atoms with Gasteiger partial charge in [0.05, 0.1) is 11.3 Å². The lowest BCUT2D eigenvalue weighted by Crippen LogP contribution is -2.48. The smallest absolute Gasteiger partial charge is 0.322 e. The second-order valence-corrected chi connectivity index (χ2v) is 4.36. The molecule has 8 heteroatoms. The summed E-state index contributed by atoms with van der Waals surface area (Å²) in [5, 5.41) is 5.21. The molecule has 0 spiro atoms. The molecular weight excluding hydrogens is 278 g/mol. The molecule has 1 aliphatic rings. The molecule has 110 valence electrons. The Bertz CT molecular complexity index is 498. The van der Waals surface area contributed by atoms with E-state index in [1.807, 2.05) is 0 Å². The van der Waals surface area contributed by atoms with Gasteiger partial charge in [-0.2, -0.15) is 13.2 Å². The van der Waals surface area contributed by atoms with Crippen LogP contribution >= 0.6 is 0 Å². The van der Waals surface area contributed by atoms with E-state index in [0.717, 1.165) is 0 Å². The maximum absolute atomic E-state index is 13.5. The number of carbonyl (C=O) groups is 1. The van der Waals surface area contributed by atoms with Crippen LogP contribution in [0.1, 0.15) is 5.56 Å². The molecule has 2 N–H and O–H groups in total. The lowest BCUT2D eigenvalue weighted by Gasteiger charge is -2.27. The van der Waals surface area contributed by atoms with E-state index in [-0.39, 0.29) is 0 Å². The fraction of sp³-hybridized carbons (Fsp3) is 0.417. The summed E-state index contributed by atoms with van der Waals surface area (Å²) in [5.41, 5.74) is -1.47. The first-order chi connectivity index (χ1) is 9.38. The highest BCUT2D eigenvalue weighted by atomic mass is 19.4. The van der Waals surface area contributed by atoms with Gasteiger partial charge in [0.2, 0.25) is 0 Å². The summed E-state index contributed by atoms with van der Waals surface area (Å²) in [6.07, 6.45) is -4.58. The number of hydrogen-bond donors (Lipinski definition) is 2. The predicted molar refractivity (Wildman–Crippen MR) is 64.9 cm³/mol. The number of halogens is 4. The molecule has 0 aliphatic carbocycles. The van der Waals surface area contributed by atoms with Crippen LogP contribution in [0.25, 0.3) is 0 Å². The Morgan fingerprint density at radius 1 is 1.25 bits per heavy atom. The molecule has 2 rings (SSSR count). The lowest BCUT2D eigenvalue weighted by molar-refractivity contribution is -0.137. The van der Waals surface area contributed by atoms with Crippen molar-refractivity contribution >= 4 is 11.7 Å². The fourth-order valence-corrected chi connectivity index (χ4v) is 1.86. The number of hydrogen-bond acceptors (Lipinski definition) is 2. The van der Waals surface area contributed by atoms with E-state index < -0.39 is 29.3 Å². The Morgan fingerprint density at radius 2 is 1.90 bits per heavy atom. The van der Waals surface area contributed by atoms with E-state index in [0.29, 0.717) is 44.4 Å². The van der Waals surface area contributed by atoms with E-state index in [1.54, 1.807) is 0 Å². The summed E-state index contributed by atoms with van der Waals surface area (Å²) in [6, 6.07) is 1.31. The maximum Gasteiger partial charge on any atom is 0.416 e. The highest BCUT2D eigenvalue weighted by Gasteiger charge is 2.31. The first kappa shape index (κ1) is 14.6. The Kier molecular flexibility index (Phi) is 4.12. The van der Waals surface area contributed by atoms with Gasteiger partial charge < -0.3 is 15.5 Å². The van der Waals surface area contributed by atoms with Crippen molar-refractivity contribution in [1.82, 2.24) is 10.2 Å². The normalized spacial score (nSPS) is 16.1. The number of rotatable bonds is 1. The Labute approximate surface area is 112 Å². The second kappa shape index (κ2) is 5.66. The number of nitrogens with zero attached hydrogens (tertiary/aromatic N) is 1. The van der Waals surface area contributed by atoms with Crippen LogP contribution in [0.2, 0.25) is 0 Å². The molecule has 0 unspecified atom stereocenters. The first-order valence-corrected chi connectivity index (χ1v) is 6.01. The van der Waals surface area contributed by atoms with Crippen molar-refractivity contribution in [3.63, 3.8) is 0 Å². The standard InChI is InChI=1S/C12H13F4N3O/c13-9-2-1-8(12(14,15)16)7-10(9)18-11(20)19-5-3-17-4-6-19/h1-2,7,17H,3-6H2,(H,18,20). The highest BCUT2D eigenvalue weighted by Crippen LogP contribution is 2.31. The SMILES string of the molecule is O=C(Nc1cc(C(F)(F)F)ccc1F)N1CCNCC1. The van der Waals surface area contributed by atoms with Gasteiger partial charge in [0, 0.05) is 26.2 Å². The summed E-state index contributed by atoms with van der Waals surface area (Å²) in [6.45, 7) is 2.04. The summed E-state index contributed by atoms with van der Waals surface area (Å²) in [4.78, 5) is 13.2. The third-order valence-corrected chi connectivity index (χ3v) is 2.94. The van der Waals surface area contributed by atoms with Gasteiger partial charge in [-0.25, -0.2) is 9.18 Å². The molecule has 20 heavy (non-hydrogen) atoms. The summed E-state index contributed by atoms with van der Waals surface area (Å²) in [5.74, 6) is -0.901. The minimum Gasteiger partial charge on any atom is -0.322 e. The van der Waals surface area contributed by atoms with Crippen LogP contribution in [-0.2, 0) is 6.18 Å². The number of urea groups is 1. The van der Waals surface area contributed by atoms with Crippen molar-refractivity contribution in [2.24, 2.45) is 0 Å². The number of anilines is 1. The van der Waals surface area contributed by atoms with E-state index >= 15 is 0 Å². The molecule has 1 aromatic rings. The molecule has 1 saturated heterocycles. The van der Waals surface area contributed by atoms with Crippen LogP contribution in [0.5, 0.6) is 0 Å². The molecule has 4 nitrogen and oxygen atoms in total. The number of alkyl halides is 3. The topological polar surface area (TPSA) is 44.4 Å². The number of benzene rings is 1. The van der Waals surface area contributed by atoms with E-state index in [1.165, 1.54) is 4.90 Å². The largest absolute Gasteiger partial charge is 0.416 e. The molecular formula is C12H13F4N3O. The van der Waals surface area contributed by atoms with Crippen LogP contribution in [0.15, 0.2) is 18.2 Å². The monoisotopic (exact) mass is 291 g/mol. The number of nitrogens with one attached hydrogen (secondary N) is 2. The predicted octanol–water partition coefficient (Wildman–Crippen LogP) is 2.28. The molecule has 2 amide bonds. The van der Waals surface area contributed by atoms with Crippen LogP contribution < -0.4 is 10.6 Å². The Morgan fingerprint density at radius 3 is 2.50 bits per heavy atom. The number of carbonyl (C=O) groups excluding carboxylic acids is 1. The van der Waals surface area contributed by atoms with Crippen LogP contribution in [0.4, 0.5) is 28.0 Å². The van der Waals surface area contributed by atoms with E-state index in [9.17, 15) is 22.4 Å². The van der Waals surface area contributed by atoms with Crippen LogP contribution in [-0.4, -0.2) is 37.1 Å². The molecule has 1 fully saturated rings. The van der Waals surface area contributed by atoms with Crippen molar-refractivity contribution in [2.75, 3.05) is 31.5 Å². The van der Waals surface area contributed by atoms with Gasteiger partial charge in [-0.05, 0) is 18.2 Å². The zero-order chi connectivity index (χ0) is 14.8. The summed E-state index contributed by atoms with van der Waals surface area (Å²) < 4.78 is 51.1. The Hall–Kier alpha value is -1.83. The van der Waals surface area contributed by atoms with Crippen molar-refractivity contribution < 1.29 is 22.4 Å². The third kappa shape index (κ3) is 3.38. The van der Waals surface area contributed by atoms with E-state index in [4.69, 9.17) is 0 Å². The van der Waals surface area contributed by atoms with Gasteiger partial charge in [0.15, 0.2) is 0 Å². The van der Waals surface area contributed by atoms with Gasteiger partial charge in [0.1, 0.15) is 5.82 Å². The molecule has 1 aliphatic heterocycles. The second-order valence-electron chi connectivity index (χ2n) is 4.36. The summed E-state index contributed by atoms with van der Waals surface area (Å²) in [7, 11) is 0.